The van der Waals surface area contributed by atoms with E-state index in [1.807, 2.05) is 0 Å². The lowest BCUT2D eigenvalue weighted by molar-refractivity contribution is -0.148. The summed E-state index contributed by atoms with van der Waals surface area (Å²) in [4.78, 5) is 23.3. The Morgan fingerprint density at radius 2 is 2.21 bits per heavy atom. The van der Waals surface area contributed by atoms with Crippen molar-refractivity contribution in [1.82, 2.24) is 4.90 Å². The van der Waals surface area contributed by atoms with Crippen LogP contribution in [0.25, 0.3) is 0 Å². The van der Waals surface area contributed by atoms with Crippen LogP contribution in [0.15, 0.2) is 0 Å². The minimum atomic E-state index is -1.03. The summed E-state index contributed by atoms with van der Waals surface area (Å²) in [5, 5.41) is 8.84. The van der Waals surface area contributed by atoms with E-state index in [1.54, 1.807) is 0 Å². The van der Waals surface area contributed by atoms with E-state index in [0.717, 1.165) is 0 Å². The quantitative estimate of drug-likeness (QED) is 0.533. The Bertz CT molecular complexity index is 297. The molecule has 1 aliphatic heterocycles. The predicted molar refractivity (Wildman–Crippen MR) is 50.8 cm³/mol. The van der Waals surface area contributed by atoms with Crippen molar-refractivity contribution in [2.24, 2.45) is 0 Å². The maximum absolute atomic E-state index is 11.3. The molecule has 0 aromatic carbocycles. The summed E-state index contributed by atoms with van der Waals surface area (Å²) in [5.41, 5.74) is 0. The molecule has 0 unspecified atom stereocenters. The number of halogens is 1. The van der Waals surface area contributed by atoms with E-state index in [-0.39, 0.29) is 5.88 Å². The van der Waals surface area contributed by atoms with Gasteiger partial charge in [-0.2, -0.15) is 0 Å². The topological polar surface area (TPSA) is 57.6 Å². The van der Waals surface area contributed by atoms with E-state index in [4.69, 9.17) is 23.1 Å². The highest BCUT2D eigenvalue weighted by Gasteiger charge is 2.39. The fraction of sp³-hybridized carbons (Fsp3) is 0.556. The van der Waals surface area contributed by atoms with Gasteiger partial charge in [0.25, 0.3) is 0 Å². The van der Waals surface area contributed by atoms with Gasteiger partial charge in [0.2, 0.25) is 5.91 Å². The fourth-order valence-corrected chi connectivity index (χ4v) is 1.77. The third-order valence-electron chi connectivity index (χ3n) is 2.26. The van der Waals surface area contributed by atoms with Crippen LogP contribution in [0.4, 0.5) is 0 Å². The molecule has 1 rings (SSSR count). The summed E-state index contributed by atoms with van der Waals surface area (Å²) >= 11 is 5.37. The molecule has 1 heterocycles. The molecule has 1 aliphatic rings. The van der Waals surface area contributed by atoms with Crippen LogP contribution in [-0.4, -0.2) is 39.8 Å². The van der Waals surface area contributed by atoms with Gasteiger partial charge in [-0.05, 0) is 12.8 Å². The number of carbonyl (C=O) groups excluding carboxylic acids is 1. The van der Waals surface area contributed by atoms with Crippen LogP contribution in [0.3, 0.4) is 0 Å². The third-order valence-corrected chi connectivity index (χ3v) is 2.49. The highest BCUT2D eigenvalue weighted by Crippen LogP contribution is 2.24. The van der Waals surface area contributed by atoms with Crippen molar-refractivity contribution in [3.05, 3.63) is 0 Å². The Hall–Kier alpha value is -1.21. The molecule has 0 aromatic rings. The van der Waals surface area contributed by atoms with Gasteiger partial charge in [0.1, 0.15) is 11.9 Å². The van der Waals surface area contributed by atoms with E-state index >= 15 is 0 Å². The SMILES string of the molecule is C#C[C@H]1CC[C@@H](C(=O)O)N1C(=O)CCl. The van der Waals surface area contributed by atoms with Crippen molar-refractivity contribution in [3.63, 3.8) is 0 Å². The zero-order valence-corrected chi connectivity index (χ0v) is 8.20. The maximum atomic E-state index is 11.3. The predicted octanol–water partition coefficient (Wildman–Crippen LogP) is 0.303. The molecule has 1 amide bonds. The molecule has 76 valence electrons. The first-order valence-electron chi connectivity index (χ1n) is 4.18. The highest BCUT2D eigenvalue weighted by atomic mass is 35.5. The summed E-state index contributed by atoms with van der Waals surface area (Å²) in [7, 11) is 0. The summed E-state index contributed by atoms with van der Waals surface area (Å²) in [5.74, 6) is 0.719. The van der Waals surface area contributed by atoms with E-state index in [1.165, 1.54) is 4.90 Å². The monoisotopic (exact) mass is 215 g/mol. The number of nitrogens with zero attached hydrogens (tertiary/aromatic N) is 1. The lowest BCUT2D eigenvalue weighted by Crippen LogP contribution is -2.45. The normalized spacial score (nSPS) is 25.9. The Kier molecular flexibility index (Phi) is 3.37. The molecule has 0 aromatic heterocycles. The lowest BCUT2D eigenvalue weighted by atomic mass is 10.2. The number of amides is 1. The number of carbonyl (C=O) groups is 2. The second-order valence-corrected chi connectivity index (χ2v) is 3.32. The van der Waals surface area contributed by atoms with Crippen molar-refractivity contribution in [2.75, 3.05) is 5.88 Å². The van der Waals surface area contributed by atoms with Crippen molar-refractivity contribution in [3.8, 4) is 12.3 Å². The van der Waals surface area contributed by atoms with E-state index < -0.39 is 24.0 Å². The van der Waals surface area contributed by atoms with Crippen LogP contribution < -0.4 is 0 Å². The fourth-order valence-electron chi connectivity index (χ4n) is 1.63. The molecule has 0 saturated carbocycles. The van der Waals surface area contributed by atoms with E-state index in [9.17, 15) is 9.59 Å². The lowest BCUT2D eigenvalue weighted by Gasteiger charge is -2.24. The molecular weight excluding hydrogens is 206 g/mol. The Morgan fingerprint density at radius 1 is 1.57 bits per heavy atom. The smallest absolute Gasteiger partial charge is 0.326 e. The molecule has 14 heavy (non-hydrogen) atoms. The third kappa shape index (κ3) is 1.83. The van der Waals surface area contributed by atoms with Crippen molar-refractivity contribution >= 4 is 23.5 Å². The second-order valence-electron chi connectivity index (χ2n) is 3.05. The summed E-state index contributed by atoms with van der Waals surface area (Å²) in [6, 6.07) is -1.25. The summed E-state index contributed by atoms with van der Waals surface area (Å²) < 4.78 is 0. The number of hydrogen-bond acceptors (Lipinski definition) is 2. The molecule has 0 spiro atoms. The zero-order valence-electron chi connectivity index (χ0n) is 7.44. The van der Waals surface area contributed by atoms with E-state index in [0.29, 0.717) is 12.8 Å². The van der Waals surface area contributed by atoms with Gasteiger partial charge >= 0.3 is 5.97 Å². The van der Waals surface area contributed by atoms with Crippen molar-refractivity contribution in [1.29, 1.82) is 0 Å². The van der Waals surface area contributed by atoms with Gasteiger partial charge in [-0.15, -0.1) is 18.0 Å². The number of terminal acetylenes is 1. The van der Waals surface area contributed by atoms with Gasteiger partial charge in [0.05, 0.1) is 6.04 Å². The van der Waals surface area contributed by atoms with Gasteiger partial charge < -0.3 is 10.0 Å². The standard InChI is InChI=1S/C9H10ClNO3/c1-2-6-3-4-7(9(13)14)11(6)8(12)5-10/h1,6-7H,3-5H2,(H,13,14)/t6-,7-/m0/s1. The number of carboxylic acids is 1. The number of rotatable bonds is 2. The molecular formula is C9H10ClNO3. The van der Waals surface area contributed by atoms with Gasteiger partial charge in [0, 0.05) is 0 Å². The van der Waals surface area contributed by atoms with Crippen LogP contribution >= 0.6 is 11.6 Å². The van der Waals surface area contributed by atoms with Crippen LogP contribution in [0, 0.1) is 12.3 Å². The van der Waals surface area contributed by atoms with E-state index in [2.05, 4.69) is 5.92 Å². The summed E-state index contributed by atoms with van der Waals surface area (Å²) in [6.45, 7) is 0. The number of likely N-dealkylation sites (tertiary alicyclic amines) is 1. The van der Waals surface area contributed by atoms with Crippen molar-refractivity contribution < 1.29 is 14.7 Å². The highest BCUT2D eigenvalue weighted by molar-refractivity contribution is 6.27. The average molecular weight is 216 g/mol. The molecule has 1 N–H and O–H groups in total. The zero-order chi connectivity index (χ0) is 10.7. The first-order chi connectivity index (χ1) is 6.61. The van der Waals surface area contributed by atoms with Crippen LogP contribution in [-0.2, 0) is 9.59 Å². The Morgan fingerprint density at radius 3 is 2.64 bits per heavy atom. The molecule has 4 nitrogen and oxygen atoms in total. The molecule has 5 heteroatoms. The van der Waals surface area contributed by atoms with Gasteiger partial charge in [-0.1, -0.05) is 5.92 Å². The Labute approximate surface area is 86.8 Å². The Balaban J connectivity index is 2.87. The molecule has 1 fully saturated rings. The molecule has 0 aliphatic carbocycles. The van der Waals surface area contributed by atoms with Gasteiger partial charge in [-0.25, -0.2) is 4.79 Å². The molecule has 1 saturated heterocycles. The first kappa shape index (κ1) is 10.9. The average Bonchev–Trinajstić information content (AvgIpc) is 2.59. The number of aliphatic carboxylic acids is 1. The second kappa shape index (κ2) is 4.34. The van der Waals surface area contributed by atoms with Crippen molar-refractivity contribution in [2.45, 2.75) is 24.9 Å². The molecule has 0 bridgehead atoms. The molecule has 0 radical (unpaired) electrons. The number of hydrogen-bond donors (Lipinski definition) is 1. The number of alkyl halides is 1. The van der Waals surface area contributed by atoms with Crippen LogP contribution in [0.2, 0.25) is 0 Å². The minimum Gasteiger partial charge on any atom is -0.480 e. The molecule has 2 atom stereocenters. The van der Waals surface area contributed by atoms with Crippen LogP contribution in [0.1, 0.15) is 12.8 Å². The minimum absolute atomic E-state index is 0.234. The maximum Gasteiger partial charge on any atom is 0.326 e. The largest absolute Gasteiger partial charge is 0.480 e. The number of carboxylic acid groups (broad SMARTS) is 1. The van der Waals surface area contributed by atoms with Gasteiger partial charge in [-0.3, -0.25) is 4.79 Å². The first-order valence-corrected chi connectivity index (χ1v) is 4.71. The van der Waals surface area contributed by atoms with Gasteiger partial charge in [0.15, 0.2) is 0 Å². The summed E-state index contributed by atoms with van der Waals surface area (Å²) in [6.07, 6.45) is 6.12. The van der Waals surface area contributed by atoms with Crippen LogP contribution in [0.5, 0.6) is 0 Å².